The number of pyridine rings is 2. The van der Waals surface area contributed by atoms with Crippen molar-refractivity contribution in [3.8, 4) is 11.1 Å². The van der Waals surface area contributed by atoms with Gasteiger partial charge in [-0.05, 0) is 36.5 Å². The molecule has 1 atom stereocenters. The van der Waals surface area contributed by atoms with E-state index in [2.05, 4.69) is 20.3 Å². The van der Waals surface area contributed by atoms with Crippen LogP contribution in [0.3, 0.4) is 0 Å². The van der Waals surface area contributed by atoms with Crippen LogP contribution in [0.25, 0.3) is 22.2 Å². The number of H-pyrrole nitrogens is 1. The first-order valence-electron chi connectivity index (χ1n) is 9.95. The van der Waals surface area contributed by atoms with Crippen molar-refractivity contribution in [2.24, 2.45) is 10.7 Å². The summed E-state index contributed by atoms with van der Waals surface area (Å²) in [6, 6.07) is 13.3. The molecule has 5 N–H and O–H groups in total. The molecule has 1 unspecified atom stereocenters. The summed E-state index contributed by atoms with van der Waals surface area (Å²) in [6.07, 6.45) is 8.57. The smallest absolute Gasteiger partial charge is 0.253 e. The van der Waals surface area contributed by atoms with Crippen LogP contribution in [0, 0.1) is 0 Å². The number of para-hydroxylation sites is 1. The topological polar surface area (TPSA) is 129 Å². The fourth-order valence-corrected chi connectivity index (χ4v) is 3.35. The van der Waals surface area contributed by atoms with Gasteiger partial charge in [-0.2, -0.15) is 0 Å². The molecule has 0 saturated carbocycles. The molecule has 8 nitrogen and oxygen atoms in total. The Bertz CT molecular complexity index is 1310. The van der Waals surface area contributed by atoms with Gasteiger partial charge in [0.25, 0.3) is 5.91 Å². The molecular weight excluding hydrogens is 404 g/mol. The minimum Gasteiger partial charge on any atom is -0.405 e. The van der Waals surface area contributed by atoms with Crippen LogP contribution in [0.4, 0.5) is 5.69 Å². The summed E-state index contributed by atoms with van der Waals surface area (Å²) in [5, 5.41) is 13.5. The first-order chi connectivity index (χ1) is 15.6. The van der Waals surface area contributed by atoms with Crippen LogP contribution in [0.2, 0.25) is 0 Å². The van der Waals surface area contributed by atoms with Crippen molar-refractivity contribution in [2.75, 3.05) is 7.05 Å². The molecule has 160 valence electrons. The predicted molar refractivity (Wildman–Crippen MR) is 124 cm³/mol. The van der Waals surface area contributed by atoms with Crippen LogP contribution in [-0.4, -0.2) is 38.7 Å². The van der Waals surface area contributed by atoms with Crippen molar-refractivity contribution >= 4 is 28.3 Å². The van der Waals surface area contributed by atoms with Crippen molar-refractivity contribution < 1.29 is 9.90 Å². The Labute approximate surface area is 184 Å². The maximum Gasteiger partial charge on any atom is 0.253 e. The average Bonchev–Trinajstić information content (AvgIpc) is 3.27. The second kappa shape index (κ2) is 9.23. The number of aromatic amines is 1. The van der Waals surface area contributed by atoms with E-state index >= 15 is 0 Å². The zero-order valence-electron chi connectivity index (χ0n) is 17.4. The van der Waals surface area contributed by atoms with Gasteiger partial charge in [-0.1, -0.05) is 18.2 Å². The highest BCUT2D eigenvalue weighted by atomic mass is 16.3. The first kappa shape index (κ1) is 21.0. The highest BCUT2D eigenvalue weighted by molar-refractivity contribution is 6.17. The number of nitrogens with one attached hydrogen (secondary N) is 2. The van der Waals surface area contributed by atoms with E-state index in [0.717, 1.165) is 27.8 Å². The van der Waals surface area contributed by atoms with Gasteiger partial charge in [0.05, 0.1) is 11.4 Å². The third kappa shape index (κ3) is 4.26. The van der Waals surface area contributed by atoms with Crippen molar-refractivity contribution in [1.82, 2.24) is 20.3 Å². The van der Waals surface area contributed by atoms with Crippen LogP contribution in [0.15, 0.2) is 84.5 Å². The van der Waals surface area contributed by atoms with Gasteiger partial charge in [0.15, 0.2) is 6.10 Å². The summed E-state index contributed by atoms with van der Waals surface area (Å²) in [5.41, 5.74) is 10.6. The lowest BCUT2D eigenvalue weighted by Crippen LogP contribution is -2.25. The van der Waals surface area contributed by atoms with Gasteiger partial charge in [0.1, 0.15) is 5.65 Å². The van der Waals surface area contributed by atoms with Gasteiger partial charge < -0.3 is 21.1 Å². The molecule has 1 aromatic carbocycles. The number of hydrogen-bond acceptors (Lipinski definition) is 6. The van der Waals surface area contributed by atoms with Gasteiger partial charge >= 0.3 is 0 Å². The number of likely N-dealkylation sites (N-methyl/N-ethyl adjacent to an activating group) is 1. The average molecular weight is 426 g/mol. The number of aliphatic hydroxyl groups excluding tert-OH is 1. The Hall–Kier alpha value is -4.30. The lowest BCUT2D eigenvalue weighted by molar-refractivity contribution is -0.129. The van der Waals surface area contributed by atoms with Gasteiger partial charge in [0, 0.05) is 59.5 Å². The van der Waals surface area contributed by atoms with Crippen LogP contribution >= 0.6 is 0 Å². The molecule has 0 aliphatic rings. The fraction of sp³-hybridized carbons (Fsp3) is 0.0833. The molecule has 0 saturated heterocycles. The summed E-state index contributed by atoms with van der Waals surface area (Å²) >= 11 is 0. The Morgan fingerprint density at radius 1 is 1.19 bits per heavy atom. The molecule has 0 fully saturated rings. The number of allylic oxidation sites excluding steroid dienone is 1. The summed E-state index contributed by atoms with van der Waals surface area (Å²) in [7, 11) is 1.47. The second-order valence-electron chi connectivity index (χ2n) is 7.04. The number of benzene rings is 1. The quantitative estimate of drug-likeness (QED) is 0.352. The van der Waals surface area contributed by atoms with E-state index < -0.39 is 12.0 Å². The van der Waals surface area contributed by atoms with E-state index in [9.17, 15) is 9.90 Å². The van der Waals surface area contributed by atoms with Gasteiger partial charge in [-0.15, -0.1) is 0 Å². The number of carbonyl (C=O) groups excluding carboxylic acids is 1. The molecule has 8 heteroatoms. The Morgan fingerprint density at radius 2 is 1.97 bits per heavy atom. The van der Waals surface area contributed by atoms with Crippen LogP contribution in [0.5, 0.6) is 0 Å². The normalized spacial score (nSPS) is 12.9. The Balaban J connectivity index is 1.78. The van der Waals surface area contributed by atoms with Gasteiger partial charge in [-0.25, -0.2) is 9.98 Å². The molecule has 0 bridgehead atoms. The molecule has 3 aromatic heterocycles. The van der Waals surface area contributed by atoms with E-state index in [-0.39, 0.29) is 0 Å². The first-order valence-corrected chi connectivity index (χ1v) is 9.95. The van der Waals surface area contributed by atoms with Gasteiger partial charge in [0.2, 0.25) is 0 Å². The monoisotopic (exact) mass is 426 g/mol. The van der Waals surface area contributed by atoms with Gasteiger partial charge in [-0.3, -0.25) is 9.78 Å². The summed E-state index contributed by atoms with van der Waals surface area (Å²) in [4.78, 5) is 28.4. The second-order valence-corrected chi connectivity index (χ2v) is 7.04. The van der Waals surface area contributed by atoms with Crippen molar-refractivity contribution in [1.29, 1.82) is 0 Å². The highest BCUT2D eigenvalue weighted by Gasteiger charge is 2.17. The maximum atomic E-state index is 11.8. The number of fused-ring (bicyclic) bond motifs is 1. The maximum absolute atomic E-state index is 11.8. The number of nitrogens with two attached hydrogens (primary N) is 1. The molecule has 3 heterocycles. The predicted octanol–water partition coefficient (Wildman–Crippen LogP) is 3.00. The van der Waals surface area contributed by atoms with Crippen molar-refractivity contribution in [3.05, 3.63) is 90.7 Å². The minimum absolute atomic E-state index is 0.397. The van der Waals surface area contributed by atoms with E-state index in [4.69, 9.17) is 10.7 Å². The molecule has 0 aliphatic heterocycles. The third-order valence-electron chi connectivity index (χ3n) is 4.97. The molecule has 1 amide bonds. The zero-order chi connectivity index (χ0) is 22.5. The number of aliphatic hydroxyl groups is 1. The number of aliphatic imine (C=N–C) groups is 1. The fourth-order valence-electron chi connectivity index (χ4n) is 3.35. The zero-order valence-corrected chi connectivity index (χ0v) is 17.4. The number of hydrogen-bond donors (Lipinski definition) is 4. The Kier molecular flexibility index (Phi) is 6.05. The molecule has 0 aliphatic carbocycles. The molecule has 0 spiro atoms. The number of nitrogens with zero attached hydrogens (tertiary/aromatic N) is 3. The largest absolute Gasteiger partial charge is 0.405 e. The van der Waals surface area contributed by atoms with E-state index in [1.165, 1.54) is 19.4 Å². The third-order valence-corrected chi connectivity index (χ3v) is 4.97. The molecule has 4 aromatic rings. The number of aromatic nitrogens is 3. The summed E-state index contributed by atoms with van der Waals surface area (Å²) in [6.45, 7) is 0. The lowest BCUT2D eigenvalue weighted by atomic mass is 10.0. The minimum atomic E-state index is -1.30. The highest BCUT2D eigenvalue weighted by Crippen LogP contribution is 2.27. The Morgan fingerprint density at radius 3 is 2.72 bits per heavy atom. The standard InChI is InChI=1S/C24H22N6O2/c1-26-24(32)22(31)17-9-15(11-27-12-17)16-10-19-20(14-29-23(19)28-13-16)21(7-8-25)30-18-5-3-2-4-6-18/h2-14,22,31H,25H2,1H3,(H,26,32)(H,28,29)/b8-7-,30-21?. The number of carbonyl (C=O) groups is 1. The SMILES string of the molecule is CNC(=O)C(O)c1cncc(-c2cnc3[nH]cc(C(/C=C\N)=Nc4ccccc4)c3c2)c1. The summed E-state index contributed by atoms with van der Waals surface area (Å²) < 4.78 is 0. The molecule has 0 radical (unpaired) electrons. The van der Waals surface area contributed by atoms with E-state index in [1.54, 1.807) is 24.5 Å². The van der Waals surface area contributed by atoms with Crippen molar-refractivity contribution in [3.63, 3.8) is 0 Å². The van der Waals surface area contributed by atoms with Crippen LogP contribution < -0.4 is 11.1 Å². The molecular formula is C24H22N6O2. The van der Waals surface area contributed by atoms with Crippen LogP contribution in [-0.2, 0) is 4.79 Å². The number of rotatable bonds is 6. The summed E-state index contributed by atoms with van der Waals surface area (Å²) in [5.74, 6) is -0.499. The van der Waals surface area contributed by atoms with E-state index in [0.29, 0.717) is 16.9 Å². The van der Waals surface area contributed by atoms with E-state index in [1.807, 2.05) is 42.6 Å². The van der Waals surface area contributed by atoms with Crippen molar-refractivity contribution in [2.45, 2.75) is 6.10 Å². The number of amides is 1. The van der Waals surface area contributed by atoms with Crippen LogP contribution in [0.1, 0.15) is 17.2 Å². The molecule has 4 rings (SSSR count). The lowest BCUT2D eigenvalue weighted by Gasteiger charge is -2.10. The molecule has 32 heavy (non-hydrogen) atoms.